The molecule has 1 aliphatic heterocycles. The number of rotatable bonds is 6. The summed E-state index contributed by atoms with van der Waals surface area (Å²) >= 11 is 0. The molecular formula is C16H20FN5O2. The number of aryl methyl sites for hydroxylation is 1. The first kappa shape index (κ1) is 16.5. The Morgan fingerprint density at radius 3 is 2.88 bits per heavy atom. The van der Waals surface area contributed by atoms with E-state index in [1.54, 1.807) is 19.1 Å². The average Bonchev–Trinajstić information content (AvgIpc) is 3.24. The Morgan fingerprint density at radius 1 is 1.46 bits per heavy atom. The molecule has 1 fully saturated rings. The first-order valence-corrected chi connectivity index (χ1v) is 8.01. The number of nitrogens with zero attached hydrogens (tertiary/aromatic N) is 4. The van der Waals surface area contributed by atoms with Crippen LogP contribution in [0.2, 0.25) is 0 Å². The molecule has 0 aliphatic carbocycles. The summed E-state index contributed by atoms with van der Waals surface area (Å²) in [6.45, 7) is 2.95. The van der Waals surface area contributed by atoms with Gasteiger partial charge in [0.15, 0.2) is 0 Å². The largest absolute Gasteiger partial charge is 0.376 e. The fourth-order valence-electron chi connectivity index (χ4n) is 2.80. The van der Waals surface area contributed by atoms with Crippen molar-refractivity contribution in [2.24, 2.45) is 0 Å². The lowest BCUT2D eigenvalue weighted by Gasteiger charge is -2.19. The first-order chi connectivity index (χ1) is 11.6. The highest BCUT2D eigenvalue weighted by Crippen LogP contribution is 2.16. The minimum Gasteiger partial charge on any atom is -0.376 e. The molecule has 0 bridgehead atoms. The van der Waals surface area contributed by atoms with Gasteiger partial charge in [-0.15, -0.1) is 5.10 Å². The van der Waals surface area contributed by atoms with Crippen LogP contribution in [0.5, 0.6) is 0 Å². The van der Waals surface area contributed by atoms with Crippen LogP contribution in [0.1, 0.15) is 30.3 Å². The van der Waals surface area contributed by atoms with E-state index in [1.807, 2.05) is 0 Å². The number of benzene rings is 1. The van der Waals surface area contributed by atoms with E-state index < -0.39 is 6.04 Å². The molecule has 1 aromatic heterocycles. The molecule has 3 rings (SSSR count). The van der Waals surface area contributed by atoms with Crippen LogP contribution < -0.4 is 5.32 Å². The van der Waals surface area contributed by atoms with Crippen molar-refractivity contribution in [1.82, 2.24) is 25.5 Å². The first-order valence-electron chi connectivity index (χ1n) is 8.01. The number of hydrogen-bond acceptors (Lipinski definition) is 5. The van der Waals surface area contributed by atoms with Gasteiger partial charge in [0.2, 0.25) is 5.91 Å². The summed E-state index contributed by atoms with van der Waals surface area (Å²) in [7, 11) is 0. The summed E-state index contributed by atoms with van der Waals surface area (Å²) in [6, 6.07) is 5.49. The Bertz CT molecular complexity index is 682. The minimum atomic E-state index is -0.591. The van der Waals surface area contributed by atoms with Crippen LogP contribution in [0.15, 0.2) is 24.3 Å². The standard InChI is InChI=1S/C16H20FN5O2/c1-11-19-20-21-22(11)15(9-12-4-6-13(17)7-5-12)16(23)18-10-14-3-2-8-24-14/h4-7,14-15H,2-3,8-10H2,1H3,(H,18,23)/t14-,15-/m0/s1. The van der Waals surface area contributed by atoms with Crippen molar-refractivity contribution in [2.75, 3.05) is 13.2 Å². The molecule has 1 N–H and O–H groups in total. The van der Waals surface area contributed by atoms with Gasteiger partial charge in [0.05, 0.1) is 6.10 Å². The van der Waals surface area contributed by atoms with Crippen LogP contribution in [0.3, 0.4) is 0 Å². The van der Waals surface area contributed by atoms with Gasteiger partial charge >= 0.3 is 0 Å². The number of ether oxygens (including phenoxy) is 1. The zero-order valence-corrected chi connectivity index (χ0v) is 13.5. The smallest absolute Gasteiger partial charge is 0.245 e. The number of carbonyl (C=O) groups excluding carboxylic acids is 1. The highest BCUT2D eigenvalue weighted by molar-refractivity contribution is 5.80. The number of halogens is 1. The van der Waals surface area contributed by atoms with Crippen LogP contribution in [-0.2, 0) is 16.0 Å². The quantitative estimate of drug-likeness (QED) is 0.859. The van der Waals surface area contributed by atoms with Crippen LogP contribution >= 0.6 is 0 Å². The molecule has 1 aliphatic rings. The van der Waals surface area contributed by atoms with Crippen LogP contribution in [0.25, 0.3) is 0 Å². The second-order valence-corrected chi connectivity index (χ2v) is 5.90. The summed E-state index contributed by atoms with van der Waals surface area (Å²) in [5, 5.41) is 14.3. The topological polar surface area (TPSA) is 81.9 Å². The van der Waals surface area contributed by atoms with E-state index in [2.05, 4.69) is 20.8 Å². The number of carbonyl (C=O) groups is 1. The molecule has 2 heterocycles. The number of amides is 1. The predicted molar refractivity (Wildman–Crippen MR) is 83.7 cm³/mol. The third-order valence-corrected chi connectivity index (χ3v) is 4.13. The van der Waals surface area contributed by atoms with E-state index >= 15 is 0 Å². The maximum Gasteiger partial charge on any atom is 0.245 e. The monoisotopic (exact) mass is 333 g/mol. The SMILES string of the molecule is Cc1nnnn1[C@@H](Cc1ccc(F)cc1)C(=O)NC[C@@H]1CCCO1. The molecule has 0 radical (unpaired) electrons. The second-order valence-electron chi connectivity index (χ2n) is 5.90. The Balaban J connectivity index is 1.72. The summed E-state index contributed by atoms with van der Waals surface area (Å²) in [6.07, 6.45) is 2.41. The lowest BCUT2D eigenvalue weighted by molar-refractivity contribution is -0.125. The third-order valence-electron chi connectivity index (χ3n) is 4.13. The van der Waals surface area contributed by atoms with Gasteiger partial charge in [0.1, 0.15) is 17.7 Å². The molecule has 2 aromatic rings. The van der Waals surface area contributed by atoms with Gasteiger partial charge in [-0.25, -0.2) is 9.07 Å². The fraction of sp³-hybridized carbons (Fsp3) is 0.500. The van der Waals surface area contributed by atoms with Gasteiger partial charge in [-0.1, -0.05) is 12.1 Å². The summed E-state index contributed by atoms with van der Waals surface area (Å²) in [5.74, 6) is 0.0661. The number of tetrazole rings is 1. The lowest BCUT2D eigenvalue weighted by Crippen LogP contribution is -2.38. The molecular weight excluding hydrogens is 313 g/mol. The molecule has 24 heavy (non-hydrogen) atoms. The average molecular weight is 333 g/mol. The van der Waals surface area contributed by atoms with Crippen molar-refractivity contribution >= 4 is 5.91 Å². The van der Waals surface area contributed by atoms with Crippen molar-refractivity contribution in [2.45, 2.75) is 38.3 Å². The van der Waals surface area contributed by atoms with Gasteiger partial charge in [0, 0.05) is 19.6 Å². The van der Waals surface area contributed by atoms with Crippen molar-refractivity contribution in [3.8, 4) is 0 Å². The highest BCUT2D eigenvalue weighted by atomic mass is 19.1. The zero-order chi connectivity index (χ0) is 16.9. The molecule has 0 saturated carbocycles. The molecule has 1 amide bonds. The molecule has 128 valence electrons. The van der Waals surface area contributed by atoms with Gasteiger partial charge in [-0.2, -0.15) is 0 Å². The van der Waals surface area contributed by atoms with Crippen LogP contribution in [0.4, 0.5) is 4.39 Å². The zero-order valence-electron chi connectivity index (χ0n) is 13.5. The molecule has 0 spiro atoms. The second kappa shape index (κ2) is 7.48. The molecule has 7 nitrogen and oxygen atoms in total. The summed E-state index contributed by atoms with van der Waals surface area (Å²) < 4.78 is 20.1. The Labute approximate surface area is 139 Å². The predicted octanol–water partition coefficient (Wildman–Crippen LogP) is 1.20. The van der Waals surface area contributed by atoms with Crippen LogP contribution in [-0.4, -0.2) is 45.4 Å². The van der Waals surface area contributed by atoms with E-state index in [0.29, 0.717) is 18.8 Å². The van der Waals surface area contributed by atoms with E-state index in [9.17, 15) is 9.18 Å². The molecule has 1 saturated heterocycles. The molecule has 2 atom stereocenters. The van der Waals surface area contributed by atoms with Crippen molar-refractivity contribution in [1.29, 1.82) is 0 Å². The van der Waals surface area contributed by atoms with Crippen LogP contribution in [0, 0.1) is 12.7 Å². The van der Waals surface area contributed by atoms with Crippen molar-refractivity contribution < 1.29 is 13.9 Å². The Kier molecular flexibility index (Phi) is 5.14. The number of aromatic nitrogens is 4. The number of hydrogen-bond donors (Lipinski definition) is 1. The van der Waals surface area contributed by atoms with E-state index in [1.165, 1.54) is 16.8 Å². The van der Waals surface area contributed by atoms with Gasteiger partial charge in [-0.05, 0) is 47.9 Å². The van der Waals surface area contributed by atoms with E-state index in [4.69, 9.17) is 4.74 Å². The van der Waals surface area contributed by atoms with Gasteiger partial charge < -0.3 is 10.1 Å². The van der Waals surface area contributed by atoms with Crippen molar-refractivity contribution in [3.63, 3.8) is 0 Å². The maximum atomic E-state index is 13.1. The van der Waals surface area contributed by atoms with E-state index in [0.717, 1.165) is 25.0 Å². The number of nitrogens with one attached hydrogen (secondary N) is 1. The molecule has 8 heteroatoms. The fourth-order valence-corrected chi connectivity index (χ4v) is 2.80. The van der Waals surface area contributed by atoms with Gasteiger partial charge in [0.25, 0.3) is 0 Å². The highest BCUT2D eigenvalue weighted by Gasteiger charge is 2.25. The Morgan fingerprint density at radius 2 is 2.25 bits per heavy atom. The third kappa shape index (κ3) is 3.94. The molecule has 1 aromatic carbocycles. The normalized spacial score (nSPS) is 18.5. The maximum absolute atomic E-state index is 13.1. The van der Waals surface area contributed by atoms with E-state index in [-0.39, 0.29) is 17.8 Å². The van der Waals surface area contributed by atoms with Crippen molar-refractivity contribution in [3.05, 3.63) is 41.5 Å². The van der Waals surface area contributed by atoms with Gasteiger partial charge in [-0.3, -0.25) is 4.79 Å². The summed E-state index contributed by atoms with van der Waals surface area (Å²) in [4.78, 5) is 12.7. The Hall–Kier alpha value is -2.35. The summed E-state index contributed by atoms with van der Waals surface area (Å²) in [5.41, 5.74) is 0.837. The molecule has 0 unspecified atom stereocenters. The minimum absolute atomic E-state index is 0.0652. The lowest BCUT2D eigenvalue weighted by atomic mass is 10.0.